The van der Waals surface area contributed by atoms with Crippen LogP contribution in [0.5, 0.6) is 0 Å². The Bertz CT molecular complexity index is 250. The number of nitrogens with one attached hydrogen (secondary N) is 1. The lowest BCUT2D eigenvalue weighted by atomic mass is 10.1. The first kappa shape index (κ1) is 6.73. The van der Waals surface area contributed by atoms with Gasteiger partial charge in [-0.25, -0.2) is 0 Å². The third kappa shape index (κ3) is 1.24. The Labute approximate surface area is 65.8 Å². The van der Waals surface area contributed by atoms with E-state index in [2.05, 4.69) is 4.98 Å². The number of hydrogen-bond acceptors (Lipinski definition) is 2. The molecule has 0 unspecified atom stereocenters. The van der Waals surface area contributed by atoms with Crippen LogP contribution in [0.1, 0.15) is 24.6 Å². The SMILES string of the molecule is Nc1ccc([C@H](N)C2CC2)[nH]1. The van der Waals surface area contributed by atoms with E-state index in [9.17, 15) is 0 Å². The van der Waals surface area contributed by atoms with E-state index in [4.69, 9.17) is 11.5 Å². The summed E-state index contributed by atoms with van der Waals surface area (Å²) < 4.78 is 0. The fraction of sp³-hybridized carbons (Fsp3) is 0.500. The standard InChI is InChI=1S/C8H13N3/c9-7-4-3-6(11-7)8(10)5-1-2-5/h3-5,8,11H,1-2,9-10H2/t8-/m1/s1. The second-order valence-electron chi connectivity index (χ2n) is 3.23. The maximum absolute atomic E-state index is 5.93. The fourth-order valence-corrected chi connectivity index (χ4v) is 1.33. The van der Waals surface area contributed by atoms with E-state index in [-0.39, 0.29) is 6.04 Å². The zero-order chi connectivity index (χ0) is 7.84. The summed E-state index contributed by atoms with van der Waals surface area (Å²) in [5.74, 6) is 1.39. The highest BCUT2D eigenvalue weighted by Crippen LogP contribution is 2.39. The molecular formula is C8H13N3. The zero-order valence-electron chi connectivity index (χ0n) is 6.38. The average Bonchev–Trinajstić information content (AvgIpc) is 2.74. The zero-order valence-corrected chi connectivity index (χ0v) is 6.38. The molecule has 3 heteroatoms. The third-order valence-corrected chi connectivity index (χ3v) is 2.22. The van der Waals surface area contributed by atoms with Crippen LogP contribution < -0.4 is 11.5 Å². The Hall–Kier alpha value is -0.960. The lowest BCUT2D eigenvalue weighted by Gasteiger charge is -2.06. The van der Waals surface area contributed by atoms with Crippen LogP contribution in [0.25, 0.3) is 0 Å². The summed E-state index contributed by atoms with van der Waals surface area (Å²) in [5.41, 5.74) is 12.5. The Morgan fingerprint density at radius 1 is 1.45 bits per heavy atom. The summed E-state index contributed by atoms with van der Waals surface area (Å²) in [6.07, 6.45) is 2.53. The van der Waals surface area contributed by atoms with E-state index in [0.29, 0.717) is 11.7 Å². The second kappa shape index (κ2) is 2.27. The number of anilines is 1. The van der Waals surface area contributed by atoms with Crippen LogP contribution in [-0.2, 0) is 0 Å². The maximum atomic E-state index is 5.93. The van der Waals surface area contributed by atoms with Gasteiger partial charge in [-0.3, -0.25) is 0 Å². The van der Waals surface area contributed by atoms with E-state index < -0.39 is 0 Å². The van der Waals surface area contributed by atoms with Crippen molar-refractivity contribution < 1.29 is 0 Å². The molecule has 0 spiro atoms. The second-order valence-corrected chi connectivity index (χ2v) is 3.23. The highest BCUT2D eigenvalue weighted by Gasteiger charge is 2.29. The van der Waals surface area contributed by atoms with Crippen molar-refractivity contribution in [3.63, 3.8) is 0 Å². The van der Waals surface area contributed by atoms with Crippen molar-refractivity contribution in [3.05, 3.63) is 17.8 Å². The van der Waals surface area contributed by atoms with Crippen LogP contribution in [0, 0.1) is 5.92 Å². The van der Waals surface area contributed by atoms with Crippen LogP contribution in [0.2, 0.25) is 0 Å². The van der Waals surface area contributed by atoms with E-state index in [1.165, 1.54) is 12.8 Å². The van der Waals surface area contributed by atoms with Gasteiger partial charge in [-0.1, -0.05) is 0 Å². The van der Waals surface area contributed by atoms with Crippen molar-refractivity contribution in [3.8, 4) is 0 Å². The van der Waals surface area contributed by atoms with Crippen LogP contribution in [0.4, 0.5) is 5.82 Å². The number of H-pyrrole nitrogens is 1. The normalized spacial score (nSPS) is 20.1. The third-order valence-electron chi connectivity index (χ3n) is 2.22. The lowest BCUT2D eigenvalue weighted by Crippen LogP contribution is -2.12. The molecular weight excluding hydrogens is 138 g/mol. The van der Waals surface area contributed by atoms with Gasteiger partial charge in [0.2, 0.25) is 0 Å². The van der Waals surface area contributed by atoms with Gasteiger partial charge >= 0.3 is 0 Å². The van der Waals surface area contributed by atoms with E-state index >= 15 is 0 Å². The number of aromatic amines is 1. The molecule has 0 bridgehead atoms. The summed E-state index contributed by atoms with van der Waals surface area (Å²) in [4.78, 5) is 3.05. The van der Waals surface area contributed by atoms with Crippen molar-refractivity contribution >= 4 is 5.82 Å². The molecule has 1 aromatic heterocycles. The van der Waals surface area contributed by atoms with Crippen molar-refractivity contribution in [2.24, 2.45) is 11.7 Å². The molecule has 0 amide bonds. The highest BCUT2D eigenvalue weighted by molar-refractivity contribution is 5.32. The molecule has 1 saturated carbocycles. The molecule has 3 nitrogen and oxygen atoms in total. The predicted molar refractivity (Wildman–Crippen MR) is 44.9 cm³/mol. The number of nitrogens with two attached hydrogens (primary N) is 2. The summed E-state index contributed by atoms with van der Waals surface area (Å²) in [5, 5.41) is 0. The smallest absolute Gasteiger partial charge is 0.100 e. The molecule has 1 aliphatic rings. The molecule has 1 fully saturated rings. The molecule has 60 valence electrons. The van der Waals surface area contributed by atoms with Gasteiger partial charge in [-0.05, 0) is 30.9 Å². The van der Waals surface area contributed by atoms with Crippen molar-refractivity contribution in [1.82, 2.24) is 4.98 Å². The van der Waals surface area contributed by atoms with Crippen LogP contribution >= 0.6 is 0 Å². The summed E-state index contributed by atoms with van der Waals surface area (Å²) in [6.45, 7) is 0. The van der Waals surface area contributed by atoms with E-state index in [1.807, 2.05) is 12.1 Å². The minimum atomic E-state index is 0.173. The Balaban J connectivity index is 2.14. The summed E-state index contributed by atoms with van der Waals surface area (Å²) in [7, 11) is 0. The molecule has 1 atom stereocenters. The molecule has 1 aromatic rings. The van der Waals surface area contributed by atoms with Crippen LogP contribution in [0.3, 0.4) is 0 Å². The van der Waals surface area contributed by atoms with Crippen LogP contribution in [0.15, 0.2) is 12.1 Å². The van der Waals surface area contributed by atoms with Gasteiger partial charge in [0, 0.05) is 11.7 Å². The molecule has 0 aromatic carbocycles. The molecule has 0 saturated heterocycles. The minimum Gasteiger partial charge on any atom is -0.385 e. The van der Waals surface area contributed by atoms with Gasteiger partial charge in [-0.2, -0.15) is 0 Å². The molecule has 2 rings (SSSR count). The minimum absolute atomic E-state index is 0.173. The fourth-order valence-electron chi connectivity index (χ4n) is 1.33. The average molecular weight is 151 g/mol. The molecule has 5 N–H and O–H groups in total. The van der Waals surface area contributed by atoms with Crippen molar-refractivity contribution in [2.45, 2.75) is 18.9 Å². The van der Waals surface area contributed by atoms with Gasteiger partial charge in [0.15, 0.2) is 0 Å². The Morgan fingerprint density at radius 3 is 2.64 bits per heavy atom. The molecule has 0 radical (unpaired) electrons. The van der Waals surface area contributed by atoms with Gasteiger partial charge in [0.05, 0.1) is 0 Å². The molecule has 1 heterocycles. The topological polar surface area (TPSA) is 67.8 Å². The number of rotatable bonds is 2. The van der Waals surface area contributed by atoms with Crippen molar-refractivity contribution in [1.29, 1.82) is 0 Å². The first-order valence-electron chi connectivity index (χ1n) is 3.97. The van der Waals surface area contributed by atoms with Crippen molar-refractivity contribution in [2.75, 3.05) is 5.73 Å². The number of nitrogen functional groups attached to an aromatic ring is 1. The van der Waals surface area contributed by atoms with E-state index in [0.717, 1.165) is 5.69 Å². The van der Waals surface area contributed by atoms with Crippen LogP contribution in [-0.4, -0.2) is 4.98 Å². The van der Waals surface area contributed by atoms with E-state index in [1.54, 1.807) is 0 Å². The maximum Gasteiger partial charge on any atom is 0.100 e. The monoisotopic (exact) mass is 151 g/mol. The first-order chi connectivity index (χ1) is 5.27. The summed E-state index contributed by atoms with van der Waals surface area (Å²) in [6, 6.07) is 4.00. The van der Waals surface area contributed by atoms with Gasteiger partial charge in [-0.15, -0.1) is 0 Å². The number of aromatic nitrogens is 1. The quantitative estimate of drug-likeness (QED) is 0.590. The van der Waals surface area contributed by atoms with Gasteiger partial charge in [0.25, 0.3) is 0 Å². The number of hydrogen-bond donors (Lipinski definition) is 3. The molecule has 0 aliphatic heterocycles. The van der Waals surface area contributed by atoms with Gasteiger partial charge in [0.1, 0.15) is 5.82 Å². The Morgan fingerprint density at radius 2 is 2.18 bits per heavy atom. The predicted octanol–water partition coefficient (Wildman–Crippen LogP) is 1.01. The lowest BCUT2D eigenvalue weighted by molar-refractivity contribution is 0.619. The molecule has 1 aliphatic carbocycles. The first-order valence-corrected chi connectivity index (χ1v) is 3.97. The largest absolute Gasteiger partial charge is 0.385 e. The molecule has 11 heavy (non-hydrogen) atoms. The highest BCUT2D eigenvalue weighted by atomic mass is 14.9. The summed E-state index contributed by atoms with van der Waals surface area (Å²) >= 11 is 0. The Kier molecular flexibility index (Phi) is 1.39. The van der Waals surface area contributed by atoms with Gasteiger partial charge < -0.3 is 16.5 Å².